The van der Waals surface area contributed by atoms with Crippen LogP contribution >= 0.6 is 0 Å². The molecule has 1 N–H and O–H groups in total. The molecule has 4 heteroatoms. The molecule has 1 aliphatic heterocycles. The summed E-state index contributed by atoms with van der Waals surface area (Å²) in [6, 6.07) is 61.0. The van der Waals surface area contributed by atoms with E-state index in [9.17, 15) is 0 Å². The first-order valence-corrected chi connectivity index (χ1v) is 16.5. The fraction of sp³-hybridized carbons (Fsp3) is 0.0222. The van der Waals surface area contributed by atoms with Gasteiger partial charge in [-0.15, -0.1) is 0 Å². The Morgan fingerprint density at radius 2 is 1.08 bits per heavy atom. The Labute approximate surface area is 285 Å². The van der Waals surface area contributed by atoms with Gasteiger partial charge in [0.05, 0.1) is 17.1 Å². The van der Waals surface area contributed by atoms with Crippen molar-refractivity contribution in [1.29, 1.82) is 0 Å². The molecule has 0 fully saturated rings. The van der Waals surface area contributed by atoms with Crippen molar-refractivity contribution in [2.24, 2.45) is 0 Å². The standard InChI is InChI=1S/C45H31N3O/c1-4-14-31(15-5-1)40-29-41(47-44(46-40)34-16-6-2-7-17-34)32-23-25-33(26-24-32)42-36-20-11-10-13-30(36)27-28-37(42)38-21-12-22-39-43(38)49-45(48-39)35-18-8-3-9-19-35/h1-29,45,48H. The SMILES string of the molecule is c1ccc(-c2cc(-c3ccc(-c4c(-c5cccc6c5OC(c5ccccc5)N6)ccc5ccccc45)cc3)nc(-c3ccccc3)n2)cc1. The van der Waals surface area contributed by atoms with Gasteiger partial charge >= 0.3 is 0 Å². The average molecular weight is 630 g/mol. The van der Waals surface area contributed by atoms with Crippen LogP contribution in [0.25, 0.3) is 66.9 Å². The van der Waals surface area contributed by atoms with Crippen LogP contribution in [-0.4, -0.2) is 9.97 Å². The lowest BCUT2D eigenvalue weighted by atomic mass is 9.89. The van der Waals surface area contributed by atoms with E-state index in [1.165, 1.54) is 16.3 Å². The normalized spacial score (nSPS) is 13.4. The van der Waals surface area contributed by atoms with Crippen LogP contribution in [0.3, 0.4) is 0 Å². The smallest absolute Gasteiger partial charge is 0.196 e. The van der Waals surface area contributed by atoms with Gasteiger partial charge in [0.1, 0.15) is 0 Å². The van der Waals surface area contributed by atoms with Gasteiger partial charge < -0.3 is 10.1 Å². The predicted octanol–water partition coefficient (Wildman–Crippen LogP) is 11.5. The third kappa shape index (κ3) is 5.39. The monoisotopic (exact) mass is 629 g/mol. The minimum atomic E-state index is -0.241. The fourth-order valence-electron chi connectivity index (χ4n) is 6.74. The highest BCUT2D eigenvalue weighted by atomic mass is 16.5. The molecule has 0 aliphatic carbocycles. The van der Waals surface area contributed by atoms with Crippen molar-refractivity contribution in [3.63, 3.8) is 0 Å². The number of hydrogen-bond acceptors (Lipinski definition) is 4. The number of fused-ring (bicyclic) bond motifs is 2. The lowest BCUT2D eigenvalue weighted by Gasteiger charge is -2.17. The maximum absolute atomic E-state index is 6.63. The zero-order valence-electron chi connectivity index (χ0n) is 26.6. The summed E-state index contributed by atoms with van der Waals surface area (Å²) >= 11 is 0. The van der Waals surface area contributed by atoms with E-state index in [-0.39, 0.29) is 6.23 Å². The second kappa shape index (κ2) is 12.3. The molecule has 1 unspecified atom stereocenters. The molecule has 232 valence electrons. The first kappa shape index (κ1) is 28.7. The Kier molecular flexibility index (Phi) is 7.17. The van der Waals surface area contributed by atoms with Crippen LogP contribution in [0, 0.1) is 0 Å². The first-order chi connectivity index (χ1) is 24.3. The van der Waals surface area contributed by atoms with Gasteiger partial charge in [-0.3, -0.25) is 0 Å². The molecule has 0 spiro atoms. The number of anilines is 1. The summed E-state index contributed by atoms with van der Waals surface area (Å²) in [6.07, 6.45) is -0.241. The highest BCUT2D eigenvalue weighted by Crippen LogP contribution is 2.48. The Balaban J connectivity index is 1.15. The van der Waals surface area contributed by atoms with Crippen LogP contribution in [0.1, 0.15) is 11.8 Å². The zero-order chi connectivity index (χ0) is 32.6. The molecule has 49 heavy (non-hydrogen) atoms. The van der Waals surface area contributed by atoms with E-state index >= 15 is 0 Å². The van der Waals surface area contributed by atoms with Gasteiger partial charge in [0.2, 0.25) is 0 Å². The van der Waals surface area contributed by atoms with Crippen LogP contribution in [0.2, 0.25) is 0 Å². The number of nitrogens with zero attached hydrogens (tertiary/aromatic N) is 2. The summed E-state index contributed by atoms with van der Waals surface area (Å²) in [5.74, 6) is 1.57. The molecule has 8 aromatic rings. The van der Waals surface area contributed by atoms with Crippen molar-refractivity contribution < 1.29 is 4.74 Å². The number of hydrogen-bond donors (Lipinski definition) is 1. The third-order valence-corrected chi connectivity index (χ3v) is 9.16. The van der Waals surface area contributed by atoms with Crippen molar-refractivity contribution in [2.75, 3.05) is 5.32 Å². The molecule has 0 radical (unpaired) electrons. The summed E-state index contributed by atoms with van der Waals surface area (Å²) in [5, 5.41) is 5.96. The van der Waals surface area contributed by atoms with E-state index in [1.54, 1.807) is 0 Å². The summed E-state index contributed by atoms with van der Waals surface area (Å²) in [4.78, 5) is 10.0. The minimum absolute atomic E-state index is 0.241. The van der Waals surface area contributed by atoms with Crippen molar-refractivity contribution in [3.05, 3.63) is 181 Å². The van der Waals surface area contributed by atoms with Gasteiger partial charge in [-0.2, -0.15) is 0 Å². The molecule has 0 saturated heterocycles. The largest absolute Gasteiger partial charge is 0.464 e. The number of para-hydroxylation sites is 1. The second-order valence-corrected chi connectivity index (χ2v) is 12.2. The molecule has 1 atom stereocenters. The number of benzene rings is 7. The molecular weight excluding hydrogens is 599 g/mol. The van der Waals surface area contributed by atoms with Crippen molar-refractivity contribution in [3.8, 4) is 61.9 Å². The van der Waals surface area contributed by atoms with Crippen LogP contribution in [0.5, 0.6) is 5.75 Å². The molecule has 7 aromatic carbocycles. The van der Waals surface area contributed by atoms with E-state index in [2.05, 4.69) is 127 Å². The average Bonchev–Trinajstić information content (AvgIpc) is 3.64. The van der Waals surface area contributed by atoms with E-state index < -0.39 is 0 Å². The molecule has 1 aromatic heterocycles. The summed E-state index contributed by atoms with van der Waals surface area (Å²) in [5.41, 5.74) is 11.4. The van der Waals surface area contributed by atoms with Crippen molar-refractivity contribution >= 4 is 16.5 Å². The van der Waals surface area contributed by atoms with Gasteiger partial charge in [-0.1, -0.05) is 164 Å². The third-order valence-electron chi connectivity index (χ3n) is 9.16. The lowest BCUT2D eigenvalue weighted by Crippen LogP contribution is -2.09. The molecule has 0 saturated carbocycles. The number of rotatable bonds is 6. The summed E-state index contributed by atoms with van der Waals surface area (Å²) in [6.45, 7) is 0. The Hall–Kier alpha value is -6.52. The predicted molar refractivity (Wildman–Crippen MR) is 200 cm³/mol. The number of aromatic nitrogens is 2. The van der Waals surface area contributed by atoms with Crippen LogP contribution in [-0.2, 0) is 0 Å². The maximum Gasteiger partial charge on any atom is 0.196 e. The zero-order valence-corrected chi connectivity index (χ0v) is 26.6. The molecular formula is C45H31N3O. The molecule has 4 nitrogen and oxygen atoms in total. The number of ether oxygens (including phenoxy) is 1. The van der Waals surface area contributed by atoms with Gasteiger partial charge in [0.25, 0.3) is 0 Å². The Morgan fingerprint density at radius 3 is 1.82 bits per heavy atom. The van der Waals surface area contributed by atoms with Crippen molar-refractivity contribution in [1.82, 2.24) is 9.97 Å². The van der Waals surface area contributed by atoms with Crippen LogP contribution in [0.15, 0.2) is 176 Å². The molecule has 9 rings (SSSR count). The summed E-state index contributed by atoms with van der Waals surface area (Å²) in [7, 11) is 0. The minimum Gasteiger partial charge on any atom is -0.464 e. The van der Waals surface area contributed by atoms with Gasteiger partial charge in [-0.05, 0) is 39.6 Å². The van der Waals surface area contributed by atoms with Crippen LogP contribution in [0.4, 0.5) is 5.69 Å². The number of nitrogens with one attached hydrogen (secondary N) is 1. The molecule has 2 heterocycles. The van der Waals surface area contributed by atoms with Gasteiger partial charge in [-0.25, -0.2) is 9.97 Å². The first-order valence-electron chi connectivity index (χ1n) is 16.5. The highest BCUT2D eigenvalue weighted by molar-refractivity contribution is 6.05. The fourth-order valence-corrected chi connectivity index (χ4v) is 6.74. The topological polar surface area (TPSA) is 47.0 Å². The maximum atomic E-state index is 6.63. The molecule has 0 amide bonds. The molecule has 1 aliphatic rings. The van der Waals surface area contributed by atoms with E-state index in [0.717, 1.165) is 61.8 Å². The lowest BCUT2D eigenvalue weighted by molar-refractivity contribution is 0.261. The Bertz CT molecular complexity index is 2370. The van der Waals surface area contributed by atoms with Crippen molar-refractivity contribution in [2.45, 2.75) is 6.23 Å². The Morgan fingerprint density at radius 1 is 0.469 bits per heavy atom. The van der Waals surface area contributed by atoms with Crippen LogP contribution < -0.4 is 10.1 Å². The van der Waals surface area contributed by atoms with Gasteiger partial charge in [0.15, 0.2) is 17.8 Å². The second-order valence-electron chi connectivity index (χ2n) is 12.2. The molecule has 0 bridgehead atoms. The van der Waals surface area contributed by atoms with E-state index in [0.29, 0.717) is 5.82 Å². The summed E-state index contributed by atoms with van der Waals surface area (Å²) < 4.78 is 6.63. The highest BCUT2D eigenvalue weighted by Gasteiger charge is 2.27. The quantitative estimate of drug-likeness (QED) is 0.199. The van der Waals surface area contributed by atoms with Gasteiger partial charge in [0, 0.05) is 27.8 Å². The van der Waals surface area contributed by atoms with E-state index in [4.69, 9.17) is 14.7 Å². The van der Waals surface area contributed by atoms with E-state index in [1.807, 2.05) is 54.6 Å².